The van der Waals surface area contributed by atoms with Gasteiger partial charge in [-0.2, -0.15) is 5.26 Å². The van der Waals surface area contributed by atoms with Crippen LogP contribution in [0.2, 0.25) is 0 Å². The highest BCUT2D eigenvalue weighted by Gasteiger charge is 2.39. The van der Waals surface area contributed by atoms with Crippen LogP contribution in [0.15, 0.2) is 32.8 Å². The number of hydrogen-bond acceptors (Lipinski definition) is 8. The van der Waals surface area contributed by atoms with E-state index in [4.69, 9.17) is 10.6 Å². The molecule has 3 unspecified atom stereocenters. The van der Waals surface area contributed by atoms with Crippen molar-refractivity contribution in [1.82, 2.24) is 14.8 Å². The van der Waals surface area contributed by atoms with Gasteiger partial charge in [0, 0.05) is 31.9 Å². The maximum Gasteiger partial charge on any atom is 0.230 e. The number of carbonyl (C=O) groups is 1. The summed E-state index contributed by atoms with van der Waals surface area (Å²) in [6.45, 7) is 5.56. The predicted molar refractivity (Wildman–Crippen MR) is 127 cm³/mol. The molecule has 0 bridgehead atoms. The lowest BCUT2D eigenvalue weighted by Gasteiger charge is -2.46. The van der Waals surface area contributed by atoms with Crippen LogP contribution in [0.3, 0.4) is 0 Å². The summed E-state index contributed by atoms with van der Waals surface area (Å²) in [5.74, 6) is 5.52. The number of nitriles is 1. The van der Waals surface area contributed by atoms with Gasteiger partial charge in [0.15, 0.2) is 5.82 Å². The van der Waals surface area contributed by atoms with Gasteiger partial charge in [-0.1, -0.05) is 11.3 Å². The summed E-state index contributed by atoms with van der Waals surface area (Å²) in [6, 6.07) is 6.20. The molecule has 4 heterocycles. The van der Waals surface area contributed by atoms with Gasteiger partial charge in [-0.05, 0) is 47.9 Å². The molecular weight excluding hydrogens is 452 g/mol. The second-order valence-electron chi connectivity index (χ2n) is 8.78. The van der Waals surface area contributed by atoms with E-state index in [-0.39, 0.29) is 24.0 Å². The lowest BCUT2D eigenvalue weighted by molar-refractivity contribution is -0.141. The van der Waals surface area contributed by atoms with Crippen molar-refractivity contribution in [3.05, 3.63) is 44.8 Å². The van der Waals surface area contributed by atoms with E-state index in [9.17, 15) is 10.1 Å². The molecule has 34 heavy (non-hydrogen) atoms. The Bertz CT molecular complexity index is 1190. The lowest BCUT2D eigenvalue weighted by Crippen LogP contribution is -2.60. The molecule has 3 aliphatic rings. The summed E-state index contributed by atoms with van der Waals surface area (Å²) in [5, 5.41) is 18.0. The van der Waals surface area contributed by atoms with E-state index in [2.05, 4.69) is 31.3 Å². The number of morpholine rings is 1. The quantitative estimate of drug-likeness (QED) is 0.236. The van der Waals surface area contributed by atoms with Crippen LogP contribution in [0.1, 0.15) is 45.7 Å². The van der Waals surface area contributed by atoms with Gasteiger partial charge in [0.2, 0.25) is 5.91 Å². The smallest absolute Gasteiger partial charge is 0.230 e. The summed E-state index contributed by atoms with van der Waals surface area (Å²) in [7, 11) is 0. The summed E-state index contributed by atoms with van der Waals surface area (Å²) in [6.07, 6.45) is 2.75. The average Bonchev–Trinajstić information content (AvgIpc) is 3.46. The average molecular weight is 479 g/mol. The van der Waals surface area contributed by atoms with Crippen molar-refractivity contribution in [2.24, 2.45) is 21.2 Å². The number of nitrogens with zero attached hydrogens (tertiary/aromatic N) is 7. The van der Waals surface area contributed by atoms with Crippen LogP contribution >= 0.6 is 11.3 Å². The molecule has 2 aromatic rings. The summed E-state index contributed by atoms with van der Waals surface area (Å²) >= 11 is 1.48. The first kappa shape index (κ1) is 22.6. The molecule has 2 aliphatic heterocycles. The molecule has 0 saturated carbocycles. The Balaban J connectivity index is 1.22. The third-order valence-electron chi connectivity index (χ3n) is 6.98. The van der Waals surface area contributed by atoms with E-state index in [0.29, 0.717) is 25.5 Å². The molecule has 2 fully saturated rings. The standard InChI is InChI=1S/C23H26N8O2S/c1-14-18(12-34-21(14)8-24)20-10-30-6-7-31(9-15(30)11-33-20)23(32)17-2-4-19-16(17)3-5-22(28-19)26-13-27-29-25/h3,5,12-13,15,17,20H,2,4,6-7,9-11H2,1H3,(H2,25,26,27,28). The maximum absolute atomic E-state index is 13.4. The molecule has 0 radical (unpaired) electrons. The predicted octanol–water partition coefficient (Wildman–Crippen LogP) is 2.62. The van der Waals surface area contributed by atoms with Gasteiger partial charge in [0.05, 0.1) is 24.7 Å². The number of rotatable bonds is 4. The summed E-state index contributed by atoms with van der Waals surface area (Å²) in [5.41, 5.74) is 4.05. The van der Waals surface area contributed by atoms with Crippen molar-refractivity contribution < 1.29 is 9.53 Å². The first-order valence-corrected chi connectivity index (χ1v) is 12.2. The number of ether oxygens (including phenoxy) is 1. The third-order valence-corrected chi connectivity index (χ3v) is 7.98. The lowest BCUT2D eigenvalue weighted by atomic mass is 9.99. The fourth-order valence-corrected chi connectivity index (χ4v) is 6.07. The van der Waals surface area contributed by atoms with Gasteiger partial charge in [0.1, 0.15) is 17.3 Å². The minimum atomic E-state index is -0.161. The zero-order valence-corrected chi connectivity index (χ0v) is 19.7. The van der Waals surface area contributed by atoms with E-state index in [0.717, 1.165) is 53.2 Å². The van der Waals surface area contributed by atoms with Crippen molar-refractivity contribution in [1.29, 1.82) is 5.26 Å². The van der Waals surface area contributed by atoms with Gasteiger partial charge in [0.25, 0.3) is 0 Å². The first-order valence-electron chi connectivity index (χ1n) is 11.3. The van der Waals surface area contributed by atoms with Crippen molar-refractivity contribution in [2.45, 2.75) is 37.8 Å². The second kappa shape index (κ2) is 9.58. The van der Waals surface area contributed by atoms with E-state index in [1.54, 1.807) is 6.07 Å². The number of amides is 1. The molecule has 176 valence electrons. The number of thiophene rings is 1. The Morgan fingerprint density at radius 3 is 3.03 bits per heavy atom. The van der Waals surface area contributed by atoms with Crippen molar-refractivity contribution in [3.63, 3.8) is 0 Å². The highest BCUT2D eigenvalue weighted by Crippen LogP contribution is 2.36. The van der Waals surface area contributed by atoms with E-state index in [1.807, 2.05) is 23.3 Å². The van der Waals surface area contributed by atoms with Gasteiger partial charge in [-0.25, -0.2) is 9.98 Å². The number of nitrogens with two attached hydrogens (primary N) is 1. The van der Waals surface area contributed by atoms with Crippen LogP contribution in [0.5, 0.6) is 0 Å². The molecule has 2 saturated heterocycles. The molecule has 0 spiro atoms. The summed E-state index contributed by atoms with van der Waals surface area (Å²) < 4.78 is 6.21. The summed E-state index contributed by atoms with van der Waals surface area (Å²) in [4.78, 5) is 27.3. The second-order valence-corrected chi connectivity index (χ2v) is 9.66. The van der Waals surface area contributed by atoms with Crippen LogP contribution in [0.25, 0.3) is 0 Å². The van der Waals surface area contributed by atoms with Crippen LogP contribution in [0.4, 0.5) is 5.82 Å². The molecule has 10 nitrogen and oxygen atoms in total. The number of piperazine rings is 1. The molecule has 1 aliphatic carbocycles. The molecule has 2 aromatic heterocycles. The number of aromatic nitrogens is 1. The minimum absolute atomic E-state index is 0.0205. The van der Waals surface area contributed by atoms with Crippen molar-refractivity contribution >= 4 is 29.4 Å². The van der Waals surface area contributed by atoms with Crippen LogP contribution in [-0.2, 0) is 16.0 Å². The normalized spacial score (nSPS) is 24.9. The minimum Gasteiger partial charge on any atom is -0.370 e. The Kier molecular flexibility index (Phi) is 6.36. The van der Waals surface area contributed by atoms with Gasteiger partial charge in [-0.3, -0.25) is 9.69 Å². The topological polar surface area (TPSA) is 133 Å². The molecule has 3 atom stereocenters. The largest absolute Gasteiger partial charge is 0.370 e. The SMILES string of the molecule is Cc1c(C2CN3CCN(C(=O)C4CCc5nc(N=CN=NN)ccc54)CC3CO2)csc1C#N. The molecular formula is C23H26N8O2S. The number of fused-ring (bicyclic) bond motifs is 2. The van der Waals surface area contributed by atoms with Gasteiger partial charge in [-0.15, -0.1) is 16.5 Å². The Morgan fingerprint density at radius 1 is 1.35 bits per heavy atom. The van der Waals surface area contributed by atoms with Crippen LogP contribution < -0.4 is 5.84 Å². The molecule has 1 amide bonds. The van der Waals surface area contributed by atoms with Crippen molar-refractivity contribution in [2.75, 3.05) is 32.8 Å². The molecule has 11 heteroatoms. The number of hydrogen-bond donors (Lipinski definition) is 1. The highest BCUT2D eigenvalue weighted by atomic mass is 32.1. The zero-order valence-electron chi connectivity index (χ0n) is 18.9. The zero-order chi connectivity index (χ0) is 23.7. The van der Waals surface area contributed by atoms with E-state index < -0.39 is 0 Å². The van der Waals surface area contributed by atoms with E-state index in [1.165, 1.54) is 17.7 Å². The fourth-order valence-electron chi connectivity index (χ4n) is 5.15. The first-order chi connectivity index (χ1) is 16.6. The number of pyridine rings is 1. The third kappa shape index (κ3) is 4.20. The number of carbonyl (C=O) groups excluding carboxylic acids is 1. The van der Waals surface area contributed by atoms with Gasteiger partial charge < -0.3 is 15.5 Å². The monoisotopic (exact) mass is 478 g/mol. The fraction of sp³-hybridized carbons (Fsp3) is 0.478. The van der Waals surface area contributed by atoms with Gasteiger partial charge >= 0.3 is 0 Å². The molecule has 0 aromatic carbocycles. The number of aryl methyl sites for hydroxylation is 1. The Labute approximate surface area is 201 Å². The molecule has 2 N–H and O–H groups in total. The van der Waals surface area contributed by atoms with Crippen LogP contribution in [0, 0.1) is 18.3 Å². The van der Waals surface area contributed by atoms with E-state index >= 15 is 0 Å². The Morgan fingerprint density at radius 2 is 2.24 bits per heavy atom. The van der Waals surface area contributed by atoms with Crippen LogP contribution in [-0.4, -0.2) is 65.9 Å². The highest BCUT2D eigenvalue weighted by molar-refractivity contribution is 7.10. The van der Waals surface area contributed by atoms with Crippen molar-refractivity contribution in [3.8, 4) is 6.07 Å². The maximum atomic E-state index is 13.4. The number of aliphatic imine (C=N–C) groups is 1. The Hall–Kier alpha value is -3.20. The molecule has 5 rings (SSSR count).